The van der Waals surface area contributed by atoms with E-state index in [0.29, 0.717) is 28.4 Å². The molecule has 1 aliphatic carbocycles. The second kappa shape index (κ2) is 15.0. The molecule has 3 heterocycles. The van der Waals surface area contributed by atoms with Gasteiger partial charge in [-0.1, -0.05) is 11.6 Å². The zero-order chi connectivity index (χ0) is 36.4. The van der Waals surface area contributed by atoms with Gasteiger partial charge in [0.1, 0.15) is 17.9 Å². The summed E-state index contributed by atoms with van der Waals surface area (Å²) in [6.07, 6.45) is 3.48. The predicted molar refractivity (Wildman–Crippen MR) is 192 cm³/mol. The van der Waals surface area contributed by atoms with Crippen molar-refractivity contribution >= 4 is 52.5 Å². The number of nitrogens with zero attached hydrogens (tertiary/aromatic N) is 3. The minimum Gasteiger partial charge on any atom is -0.490 e. The lowest BCUT2D eigenvalue weighted by molar-refractivity contribution is -0.136. The molecule has 0 aromatic heterocycles. The molecular weight excluding hydrogens is 686 g/mol. The Hall–Kier alpha value is -5.45. The maximum atomic E-state index is 13.2. The fraction of sp³-hybridized carbons (Fsp3) is 0.368. The first-order chi connectivity index (χ1) is 25.2. The van der Waals surface area contributed by atoms with Crippen LogP contribution in [0.5, 0.6) is 5.75 Å². The summed E-state index contributed by atoms with van der Waals surface area (Å²) in [6, 6.07) is 19.1. The number of halogens is 1. The number of carbonyl (C=O) groups is 5. The molecule has 3 aliphatic heterocycles. The standard InChI is InChI=1S/C38H38ClN7O6/c39-32-18-29(9-3-23(32)19-40)52-28-10-6-25(7-11-28)43-35(48)22-1-4-24(5-2-22)41-15-16-42-26-20-45(21-26)27-8-12-30-31(17-27)38(51)46(37(30)50)33-13-14-34(47)44-36(33)49/h1-5,8-9,12,17-18,25-26,28,33,41-42H,6-7,10-11,13-16,20-21H2,(H,43,48)(H,44,47,49)/t25-,28-,33?. The van der Waals surface area contributed by atoms with Crippen LogP contribution in [0.15, 0.2) is 60.7 Å². The molecule has 7 rings (SSSR count). The van der Waals surface area contributed by atoms with Crippen LogP contribution >= 0.6 is 11.6 Å². The number of nitrogens with one attached hydrogen (secondary N) is 4. The number of hydrogen-bond donors (Lipinski definition) is 4. The number of rotatable bonds is 11. The molecule has 1 unspecified atom stereocenters. The van der Waals surface area contributed by atoms with E-state index in [-0.39, 0.29) is 48.1 Å². The van der Waals surface area contributed by atoms with Gasteiger partial charge in [-0.2, -0.15) is 5.26 Å². The molecule has 0 spiro atoms. The second-order valence-electron chi connectivity index (χ2n) is 13.6. The van der Waals surface area contributed by atoms with Crippen LogP contribution in [-0.4, -0.2) is 84.8 Å². The van der Waals surface area contributed by atoms with Gasteiger partial charge in [-0.15, -0.1) is 0 Å². The van der Waals surface area contributed by atoms with Crippen LogP contribution in [0.3, 0.4) is 0 Å². The van der Waals surface area contributed by atoms with Crippen molar-refractivity contribution in [1.82, 2.24) is 20.9 Å². The molecule has 14 heteroatoms. The number of amides is 5. The molecule has 268 valence electrons. The van der Waals surface area contributed by atoms with Crippen molar-refractivity contribution in [3.8, 4) is 11.8 Å². The van der Waals surface area contributed by atoms with Gasteiger partial charge in [-0.05, 0) is 86.7 Å². The number of benzene rings is 3. The molecule has 3 aromatic rings. The molecule has 3 fully saturated rings. The first-order valence-electron chi connectivity index (χ1n) is 17.5. The highest BCUT2D eigenvalue weighted by molar-refractivity contribution is 6.31. The zero-order valence-corrected chi connectivity index (χ0v) is 29.1. The van der Waals surface area contributed by atoms with Crippen molar-refractivity contribution in [1.29, 1.82) is 5.26 Å². The number of imide groups is 2. The lowest BCUT2D eigenvalue weighted by Gasteiger charge is -2.41. The molecule has 4 N–H and O–H groups in total. The molecule has 4 aliphatic rings. The predicted octanol–water partition coefficient (Wildman–Crippen LogP) is 3.62. The maximum Gasteiger partial charge on any atom is 0.262 e. The van der Waals surface area contributed by atoms with Crippen molar-refractivity contribution in [3.05, 3.63) is 87.9 Å². The van der Waals surface area contributed by atoms with Gasteiger partial charge in [0.15, 0.2) is 0 Å². The van der Waals surface area contributed by atoms with Crippen LogP contribution in [0.1, 0.15) is 75.2 Å². The summed E-state index contributed by atoms with van der Waals surface area (Å²) in [7, 11) is 0. The first kappa shape index (κ1) is 35.0. The van der Waals surface area contributed by atoms with E-state index in [1.54, 1.807) is 30.3 Å². The van der Waals surface area contributed by atoms with Crippen LogP contribution in [0.2, 0.25) is 5.02 Å². The van der Waals surface area contributed by atoms with Crippen LogP contribution in [0.25, 0.3) is 0 Å². The van der Waals surface area contributed by atoms with E-state index in [2.05, 4.69) is 26.2 Å². The second-order valence-corrected chi connectivity index (χ2v) is 14.0. The van der Waals surface area contributed by atoms with Crippen LogP contribution < -0.4 is 30.9 Å². The molecular formula is C38H38ClN7O6. The molecule has 3 aromatic carbocycles. The minimum atomic E-state index is -0.982. The Morgan fingerprint density at radius 1 is 0.885 bits per heavy atom. The van der Waals surface area contributed by atoms with Crippen molar-refractivity contribution < 1.29 is 28.7 Å². The number of carbonyl (C=O) groups excluding carboxylic acids is 5. The number of anilines is 2. The van der Waals surface area contributed by atoms with E-state index >= 15 is 0 Å². The molecule has 0 radical (unpaired) electrons. The van der Waals surface area contributed by atoms with E-state index in [0.717, 1.165) is 61.6 Å². The number of ether oxygens (including phenoxy) is 1. The van der Waals surface area contributed by atoms with E-state index in [4.69, 9.17) is 21.6 Å². The van der Waals surface area contributed by atoms with E-state index in [1.165, 1.54) is 0 Å². The monoisotopic (exact) mass is 723 g/mol. The third-order valence-corrected chi connectivity index (χ3v) is 10.4. The summed E-state index contributed by atoms with van der Waals surface area (Å²) in [5, 5.41) is 21.7. The average molecular weight is 724 g/mol. The van der Waals surface area contributed by atoms with Gasteiger partial charge in [0.05, 0.1) is 27.8 Å². The highest BCUT2D eigenvalue weighted by Gasteiger charge is 2.45. The van der Waals surface area contributed by atoms with Crippen molar-refractivity contribution in [2.75, 3.05) is 36.4 Å². The van der Waals surface area contributed by atoms with Gasteiger partial charge in [0.2, 0.25) is 11.8 Å². The van der Waals surface area contributed by atoms with E-state index in [1.807, 2.05) is 36.4 Å². The molecule has 1 saturated carbocycles. The van der Waals surface area contributed by atoms with Gasteiger partial charge in [-0.25, -0.2) is 0 Å². The molecule has 1 atom stereocenters. The fourth-order valence-corrected chi connectivity index (χ4v) is 7.36. The SMILES string of the molecule is N#Cc1ccc(O[C@H]2CC[C@H](NC(=O)c3ccc(NCCNC4CN(c5ccc6c(c5)C(=O)N(C5CCC(=O)NC5=O)C6=O)C4)cc3)CC2)cc1Cl. The Morgan fingerprint density at radius 3 is 2.35 bits per heavy atom. The minimum absolute atomic E-state index is 0.0339. The lowest BCUT2D eigenvalue weighted by atomic mass is 9.92. The highest BCUT2D eigenvalue weighted by atomic mass is 35.5. The Morgan fingerprint density at radius 2 is 1.63 bits per heavy atom. The largest absolute Gasteiger partial charge is 0.490 e. The summed E-state index contributed by atoms with van der Waals surface area (Å²) in [4.78, 5) is 66.0. The first-order valence-corrected chi connectivity index (χ1v) is 17.9. The lowest BCUT2D eigenvalue weighted by Crippen LogP contribution is -2.58. The summed E-state index contributed by atoms with van der Waals surface area (Å²) in [5.74, 6) is -1.50. The van der Waals surface area contributed by atoms with Crippen LogP contribution in [0, 0.1) is 11.3 Å². The van der Waals surface area contributed by atoms with Gasteiger partial charge >= 0.3 is 0 Å². The van der Waals surface area contributed by atoms with Gasteiger partial charge in [0, 0.05) is 67.7 Å². The van der Waals surface area contributed by atoms with E-state index < -0.39 is 29.7 Å². The summed E-state index contributed by atoms with van der Waals surface area (Å²) in [6.45, 7) is 2.89. The van der Waals surface area contributed by atoms with Crippen LogP contribution in [0.4, 0.5) is 11.4 Å². The Kier molecular flexibility index (Phi) is 10.1. The summed E-state index contributed by atoms with van der Waals surface area (Å²) < 4.78 is 6.06. The number of fused-ring (bicyclic) bond motifs is 1. The number of hydrogen-bond acceptors (Lipinski definition) is 10. The third-order valence-electron chi connectivity index (χ3n) is 10.1. The Labute approximate surface area is 305 Å². The Balaban J connectivity index is 0.799. The number of piperidine rings is 1. The normalized spacial score (nSPS) is 21.6. The van der Waals surface area contributed by atoms with Gasteiger partial charge < -0.3 is 25.6 Å². The summed E-state index contributed by atoms with van der Waals surface area (Å²) >= 11 is 6.12. The van der Waals surface area contributed by atoms with Gasteiger partial charge in [-0.3, -0.25) is 34.2 Å². The third kappa shape index (κ3) is 7.44. The average Bonchev–Trinajstić information content (AvgIpc) is 3.36. The topological polar surface area (TPSA) is 173 Å². The number of nitriles is 1. The van der Waals surface area contributed by atoms with Crippen molar-refractivity contribution in [2.24, 2.45) is 0 Å². The molecule has 52 heavy (non-hydrogen) atoms. The van der Waals surface area contributed by atoms with Crippen molar-refractivity contribution in [2.45, 2.75) is 62.8 Å². The smallest absolute Gasteiger partial charge is 0.262 e. The highest BCUT2D eigenvalue weighted by Crippen LogP contribution is 2.32. The molecule has 2 saturated heterocycles. The quantitative estimate of drug-likeness (QED) is 0.169. The fourth-order valence-electron chi connectivity index (χ4n) is 7.14. The summed E-state index contributed by atoms with van der Waals surface area (Å²) in [5.41, 5.74) is 3.31. The zero-order valence-electron chi connectivity index (χ0n) is 28.3. The van der Waals surface area contributed by atoms with Gasteiger partial charge in [0.25, 0.3) is 17.7 Å². The van der Waals surface area contributed by atoms with Crippen LogP contribution in [-0.2, 0) is 9.59 Å². The molecule has 5 amide bonds. The molecule has 13 nitrogen and oxygen atoms in total. The Bertz CT molecular complexity index is 1950. The molecule has 0 bridgehead atoms. The van der Waals surface area contributed by atoms with E-state index in [9.17, 15) is 24.0 Å². The maximum absolute atomic E-state index is 13.2. The van der Waals surface area contributed by atoms with Crippen molar-refractivity contribution in [3.63, 3.8) is 0 Å².